The summed E-state index contributed by atoms with van der Waals surface area (Å²) in [5, 5.41) is 21.8. The van der Waals surface area contributed by atoms with Crippen molar-refractivity contribution in [3.8, 4) is 5.75 Å². The van der Waals surface area contributed by atoms with Crippen molar-refractivity contribution in [2.45, 2.75) is 13.1 Å². The molecular formula is C12H15N5O3. The molecule has 1 N–H and O–H groups in total. The van der Waals surface area contributed by atoms with Crippen LogP contribution in [0.2, 0.25) is 0 Å². The molecule has 8 nitrogen and oxygen atoms in total. The van der Waals surface area contributed by atoms with E-state index in [4.69, 9.17) is 4.74 Å². The van der Waals surface area contributed by atoms with Crippen molar-refractivity contribution >= 4 is 5.69 Å². The number of nitrogens with one attached hydrogen (secondary N) is 1. The molecule has 0 saturated carbocycles. The minimum atomic E-state index is -0.434. The SMILES string of the molecule is CNCc1cn(Cc2cc([N+](=O)[O-])ccc2OC)nn1. The summed E-state index contributed by atoms with van der Waals surface area (Å²) < 4.78 is 6.83. The highest BCUT2D eigenvalue weighted by molar-refractivity contribution is 5.43. The third kappa shape index (κ3) is 3.09. The molecule has 0 aliphatic carbocycles. The van der Waals surface area contributed by atoms with Crippen LogP contribution in [-0.4, -0.2) is 34.1 Å². The van der Waals surface area contributed by atoms with E-state index in [1.807, 2.05) is 7.05 Å². The maximum Gasteiger partial charge on any atom is 0.270 e. The van der Waals surface area contributed by atoms with Gasteiger partial charge in [-0.2, -0.15) is 0 Å². The minimum Gasteiger partial charge on any atom is -0.496 e. The predicted octanol–water partition coefficient (Wildman–Crippen LogP) is 0.963. The van der Waals surface area contributed by atoms with Crippen LogP contribution in [0.5, 0.6) is 5.75 Å². The van der Waals surface area contributed by atoms with E-state index in [1.54, 1.807) is 16.9 Å². The maximum atomic E-state index is 10.8. The fourth-order valence-corrected chi connectivity index (χ4v) is 1.85. The fraction of sp³-hybridized carbons (Fsp3) is 0.333. The van der Waals surface area contributed by atoms with Gasteiger partial charge in [-0.05, 0) is 13.1 Å². The van der Waals surface area contributed by atoms with E-state index in [2.05, 4.69) is 15.6 Å². The summed E-state index contributed by atoms with van der Waals surface area (Å²) in [5.74, 6) is 0.585. The van der Waals surface area contributed by atoms with Crippen LogP contribution in [0.4, 0.5) is 5.69 Å². The Morgan fingerprint density at radius 2 is 2.30 bits per heavy atom. The molecule has 0 radical (unpaired) electrons. The van der Waals surface area contributed by atoms with Crippen molar-refractivity contribution in [3.63, 3.8) is 0 Å². The second kappa shape index (κ2) is 6.11. The molecule has 1 aromatic carbocycles. The minimum absolute atomic E-state index is 0.0244. The summed E-state index contributed by atoms with van der Waals surface area (Å²) in [7, 11) is 3.35. The molecule has 106 valence electrons. The lowest BCUT2D eigenvalue weighted by Gasteiger charge is -2.07. The number of aromatic nitrogens is 3. The zero-order valence-electron chi connectivity index (χ0n) is 11.2. The summed E-state index contributed by atoms with van der Waals surface area (Å²) in [5.41, 5.74) is 1.51. The molecule has 1 heterocycles. The van der Waals surface area contributed by atoms with E-state index in [9.17, 15) is 10.1 Å². The number of hydrogen-bond acceptors (Lipinski definition) is 6. The Morgan fingerprint density at radius 3 is 2.95 bits per heavy atom. The van der Waals surface area contributed by atoms with Gasteiger partial charge in [-0.15, -0.1) is 5.10 Å². The summed E-state index contributed by atoms with van der Waals surface area (Å²) in [4.78, 5) is 10.4. The fourth-order valence-electron chi connectivity index (χ4n) is 1.85. The molecule has 0 fully saturated rings. The van der Waals surface area contributed by atoms with Crippen molar-refractivity contribution in [1.82, 2.24) is 20.3 Å². The van der Waals surface area contributed by atoms with Gasteiger partial charge in [-0.25, -0.2) is 4.68 Å². The van der Waals surface area contributed by atoms with Gasteiger partial charge in [-0.3, -0.25) is 10.1 Å². The zero-order chi connectivity index (χ0) is 14.5. The molecule has 0 aliphatic rings. The molecule has 2 aromatic rings. The molecule has 0 bridgehead atoms. The first kappa shape index (κ1) is 13.9. The van der Waals surface area contributed by atoms with E-state index < -0.39 is 4.92 Å². The van der Waals surface area contributed by atoms with Crippen LogP contribution >= 0.6 is 0 Å². The highest BCUT2D eigenvalue weighted by Crippen LogP contribution is 2.24. The molecule has 0 spiro atoms. The van der Waals surface area contributed by atoms with Crippen LogP contribution in [0.1, 0.15) is 11.3 Å². The Balaban J connectivity index is 2.25. The molecule has 0 unspecified atom stereocenters. The van der Waals surface area contributed by atoms with Crippen molar-refractivity contribution in [1.29, 1.82) is 0 Å². The van der Waals surface area contributed by atoms with Gasteiger partial charge in [0.25, 0.3) is 5.69 Å². The van der Waals surface area contributed by atoms with Gasteiger partial charge < -0.3 is 10.1 Å². The molecular weight excluding hydrogens is 262 g/mol. The molecule has 0 amide bonds. The maximum absolute atomic E-state index is 10.8. The van der Waals surface area contributed by atoms with Gasteiger partial charge in [-0.1, -0.05) is 5.21 Å². The highest BCUT2D eigenvalue weighted by Gasteiger charge is 2.12. The molecule has 8 heteroatoms. The van der Waals surface area contributed by atoms with E-state index in [1.165, 1.54) is 19.2 Å². The number of nitrogens with zero attached hydrogens (tertiary/aromatic N) is 4. The number of ether oxygens (including phenoxy) is 1. The number of hydrogen-bond donors (Lipinski definition) is 1. The largest absolute Gasteiger partial charge is 0.496 e. The van der Waals surface area contributed by atoms with Crippen molar-refractivity contribution in [2.75, 3.05) is 14.2 Å². The lowest BCUT2D eigenvalue weighted by molar-refractivity contribution is -0.384. The number of nitro groups is 1. The van der Waals surface area contributed by atoms with Crippen molar-refractivity contribution in [3.05, 3.63) is 45.8 Å². The highest BCUT2D eigenvalue weighted by atomic mass is 16.6. The molecule has 20 heavy (non-hydrogen) atoms. The predicted molar refractivity (Wildman–Crippen MR) is 71.5 cm³/mol. The number of benzene rings is 1. The second-order valence-corrected chi connectivity index (χ2v) is 4.19. The van der Waals surface area contributed by atoms with E-state index >= 15 is 0 Å². The molecule has 0 atom stereocenters. The van der Waals surface area contributed by atoms with Gasteiger partial charge in [0.15, 0.2) is 0 Å². The number of non-ortho nitro benzene ring substituents is 1. The monoisotopic (exact) mass is 277 g/mol. The van der Waals surface area contributed by atoms with Crippen LogP contribution in [-0.2, 0) is 13.1 Å². The Hall–Kier alpha value is -2.48. The first-order chi connectivity index (χ1) is 9.63. The van der Waals surface area contributed by atoms with Gasteiger partial charge in [0.1, 0.15) is 5.75 Å². The number of methoxy groups -OCH3 is 1. The smallest absolute Gasteiger partial charge is 0.270 e. The van der Waals surface area contributed by atoms with E-state index in [0.717, 1.165) is 5.69 Å². The molecule has 2 rings (SSSR count). The van der Waals surface area contributed by atoms with Crippen LogP contribution in [0, 0.1) is 10.1 Å². The lowest BCUT2D eigenvalue weighted by atomic mass is 10.2. The van der Waals surface area contributed by atoms with Gasteiger partial charge in [0, 0.05) is 24.2 Å². The number of nitro benzene ring substituents is 1. The normalized spacial score (nSPS) is 10.5. The Morgan fingerprint density at radius 1 is 1.50 bits per heavy atom. The van der Waals surface area contributed by atoms with Crippen LogP contribution in [0.25, 0.3) is 0 Å². The molecule has 0 aliphatic heterocycles. The quantitative estimate of drug-likeness (QED) is 0.624. The van der Waals surface area contributed by atoms with Gasteiger partial charge in [0.2, 0.25) is 0 Å². The lowest BCUT2D eigenvalue weighted by Crippen LogP contribution is -2.05. The summed E-state index contributed by atoms with van der Waals surface area (Å²) in [6.07, 6.45) is 1.79. The van der Waals surface area contributed by atoms with Crippen molar-refractivity contribution in [2.24, 2.45) is 0 Å². The average Bonchev–Trinajstić information content (AvgIpc) is 2.86. The van der Waals surface area contributed by atoms with Crippen LogP contribution in [0.3, 0.4) is 0 Å². The van der Waals surface area contributed by atoms with Crippen LogP contribution < -0.4 is 10.1 Å². The molecule has 0 saturated heterocycles. The zero-order valence-corrected chi connectivity index (χ0v) is 11.2. The van der Waals surface area contributed by atoms with E-state index in [0.29, 0.717) is 24.4 Å². The topological polar surface area (TPSA) is 95.1 Å². The third-order valence-corrected chi connectivity index (χ3v) is 2.75. The summed E-state index contributed by atoms with van der Waals surface area (Å²) >= 11 is 0. The first-order valence-corrected chi connectivity index (χ1v) is 5.99. The molecule has 1 aromatic heterocycles. The van der Waals surface area contributed by atoms with E-state index in [-0.39, 0.29) is 5.69 Å². The third-order valence-electron chi connectivity index (χ3n) is 2.75. The standard InChI is InChI=1S/C12H15N5O3/c1-13-6-10-8-16(15-14-10)7-9-5-11(17(18)19)3-4-12(9)20-2/h3-5,8,13H,6-7H2,1-2H3. The Kier molecular flexibility index (Phi) is 4.26. The summed E-state index contributed by atoms with van der Waals surface area (Å²) in [6, 6.07) is 4.48. The van der Waals surface area contributed by atoms with Gasteiger partial charge >= 0.3 is 0 Å². The Bertz CT molecular complexity index is 611. The second-order valence-electron chi connectivity index (χ2n) is 4.19. The average molecular weight is 277 g/mol. The van der Waals surface area contributed by atoms with Crippen LogP contribution in [0.15, 0.2) is 24.4 Å². The van der Waals surface area contributed by atoms with Gasteiger partial charge in [0.05, 0.1) is 30.5 Å². The first-order valence-electron chi connectivity index (χ1n) is 5.99. The van der Waals surface area contributed by atoms with Crippen molar-refractivity contribution < 1.29 is 9.66 Å². The summed E-state index contributed by atoms with van der Waals surface area (Å²) in [6.45, 7) is 0.980. The Labute approximate surface area is 115 Å². The number of rotatable bonds is 6.